The minimum atomic E-state index is -0.589. The smallest absolute Gasteiger partial charge is 0.344 e. The maximum Gasteiger partial charge on any atom is 0.344 e. The summed E-state index contributed by atoms with van der Waals surface area (Å²) in [5.74, 6) is -0.342. The molecule has 0 aliphatic carbocycles. The zero-order valence-corrected chi connectivity index (χ0v) is 15.3. The van der Waals surface area contributed by atoms with Crippen molar-refractivity contribution in [2.24, 2.45) is 0 Å². The summed E-state index contributed by atoms with van der Waals surface area (Å²) in [6.07, 6.45) is 1.93. The van der Waals surface area contributed by atoms with E-state index in [1.165, 1.54) is 11.8 Å². The molecule has 0 aliphatic rings. The number of hydrogen-bond acceptors (Lipinski definition) is 5. The molecule has 2 aromatic rings. The number of amides is 1. The second-order valence-corrected chi connectivity index (χ2v) is 6.31. The van der Waals surface area contributed by atoms with Crippen molar-refractivity contribution in [2.75, 3.05) is 24.8 Å². The van der Waals surface area contributed by atoms with Gasteiger partial charge in [-0.1, -0.05) is 24.3 Å². The number of benzene rings is 2. The van der Waals surface area contributed by atoms with Crippen LogP contribution in [0.15, 0.2) is 47.4 Å². The Hall–Kier alpha value is -2.47. The summed E-state index contributed by atoms with van der Waals surface area (Å²) in [5, 5.41) is 2.73. The van der Waals surface area contributed by atoms with Gasteiger partial charge in [0.25, 0.3) is 5.91 Å². The van der Waals surface area contributed by atoms with Crippen LogP contribution >= 0.6 is 11.8 Å². The predicted octanol–water partition coefficient (Wildman–Crippen LogP) is 3.59. The lowest BCUT2D eigenvalue weighted by molar-refractivity contribution is -0.149. The van der Waals surface area contributed by atoms with Crippen LogP contribution in [0.5, 0.6) is 5.75 Å². The molecule has 0 radical (unpaired) electrons. The normalized spacial score (nSPS) is 10.2. The van der Waals surface area contributed by atoms with Crippen molar-refractivity contribution < 1.29 is 19.1 Å². The number of hydrogen-bond donors (Lipinski definition) is 1. The van der Waals surface area contributed by atoms with Crippen LogP contribution in [0.3, 0.4) is 0 Å². The molecule has 0 aromatic heterocycles. The third kappa shape index (κ3) is 5.83. The lowest BCUT2D eigenvalue weighted by Crippen LogP contribution is -2.24. The predicted molar refractivity (Wildman–Crippen MR) is 99.2 cm³/mol. The number of anilines is 1. The van der Waals surface area contributed by atoms with Crippen LogP contribution in [-0.2, 0) is 14.3 Å². The highest BCUT2D eigenvalue weighted by atomic mass is 32.2. The first-order valence-corrected chi connectivity index (χ1v) is 9.00. The van der Waals surface area contributed by atoms with Crippen molar-refractivity contribution in [2.45, 2.75) is 18.7 Å². The van der Waals surface area contributed by atoms with Gasteiger partial charge in [-0.25, -0.2) is 4.79 Å². The average Bonchev–Trinajstić information content (AvgIpc) is 2.61. The lowest BCUT2D eigenvalue weighted by atomic mass is 10.1. The molecule has 1 amide bonds. The molecule has 132 valence electrons. The van der Waals surface area contributed by atoms with Gasteiger partial charge < -0.3 is 14.8 Å². The lowest BCUT2D eigenvalue weighted by Gasteiger charge is -2.11. The van der Waals surface area contributed by atoms with E-state index >= 15 is 0 Å². The van der Waals surface area contributed by atoms with Crippen LogP contribution in [-0.4, -0.2) is 31.3 Å². The highest BCUT2D eigenvalue weighted by Crippen LogP contribution is 2.24. The minimum absolute atomic E-state index is 0.237. The second kappa shape index (κ2) is 9.13. The van der Waals surface area contributed by atoms with Gasteiger partial charge in [0.1, 0.15) is 5.75 Å². The monoisotopic (exact) mass is 359 g/mol. The molecule has 0 unspecified atom stereocenters. The van der Waals surface area contributed by atoms with Gasteiger partial charge in [-0.2, -0.15) is 0 Å². The van der Waals surface area contributed by atoms with Gasteiger partial charge >= 0.3 is 5.97 Å². The van der Waals surface area contributed by atoms with E-state index < -0.39 is 5.97 Å². The third-order valence-electron chi connectivity index (χ3n) is 3.43. The molecule has 0 atom stereocenters. The molecule has 0 saturated heterocycles. The summed E-state index contributed by atoms with van der Waals surface area (Å²) < 4.78 is 10.4. The summed E-state index contributed by atoms with van der Waals surface area (Å²) in [5.41, 5.74) is 2.67. The molecule has 0 fully saturated rings. The number of ether oxygens (including phenoxy) is 2. The van der Waals surface area contributed by atoms with E-state index in [-0.39, 0.29) is 19.1 Å². The first-order chi connectivity index (χ1) is 12.0. The van der Waals surface area contributed by atoms with E-state index in [9.17, 15) is 9.59 Å². The zero-order chi connectivity index (χ0) is 18.2. The van der Waals surface area contributed by atoms with Crippen molar-refractivity contribution in [3.63, 3.8) is 0 Å². The van der Waals surface area contributed by atoms with Gasteiger partial charge in [-0.3, -0.25) is 4.79 Å². The molecule has 6 heteroatoms. The Kier molecular flexibility index (Phi) is 6.89. The Labute approximate surface area is 151 Å². The Morgan fingerprint density at radius 2 is 1.84 bits per heavy atom. The van der Waals surface area contributed by atoms with Gasteiger partial charge in [0, 0.05) is 4.90 Å². The zero-order valence-electron chi connectivity index (χ0n) is 14.5. The molecule has 0 saturated carbocycles. The Morgan fingerprint density at radius 3 is 2.60 bits per heavy atom. The molecule has 1 N–H and O–H groups in total. The molecule has 25 heavy (non-hydrogen) atoms. The second-order valence-electron chi connectivity index (χ2n) is 5.47. The number of nitrogens with one attached hydrogen (secondary N) is 1. The van der Waals surface area contributed by atoms with E-state index in [0.717, 1.165) is 16.0 Å². The fourth-order valence-corrected chi connectivity index (χ4v) is 2.68. The number of para-hydroxylation sites is 1. The van der Waals surface area contributed by atoms with Crippen LogP contribution in [0.25, 0.3) is 0 Å². The number of thioether (sulfide) groups is 1. The largest absolute Gasteiger partial charge is 0.482 e. The van der Waals surface area contributed by atoms with Crippen LogP contribution in [0.2, 0.25) is 0 Å². The maximum atomic E-state index is 11.9. The van der Waals surface area contributed by atoms with Crippen molar-refractivity contribution in [3.8, 4) is 5.75 Å². The Morgan fingerprint density at radius 1 is 1.08 bits per heavy atom. The third-order valence-corrected chi connectivity index (χ3v) is 4.23. The number of esters is 1. The summed E-state index contributed by atoms with van der Waals surface area (Å²) in [6, 6.07) is 13.2. The average molecular weight is 359 g/mol. The number of carbonyl (C=O) groups is 2. The molecule has 0 heterocycles. The summed E-state index contributed by atoms with van der Waals surface area (Å²) in [6.45, 7) is 3.26. The summed E-state index contributed by atoms with van der Waals surface area (Å²) in [4.78, 5) is 24.6. The van der Waals surface area contributed by atoms with Crippen molar-refractivity contribution >= 4 is 29.3 Å². The van der Waals surface area contributed by atoms with E-state index in [2.05, 4.69) is 5.32 Å². The van der Waals surface area contributed by atoms with Gasteiger partial charge in [0.2, 0.25) is 0 Å². The maximum absolute atomic E-state index is 11.9. The highest BCUT2D eigenvalue weighted by molar-refractivity contribution is 7.98. The Balaban J connectivity index is 1.79. The van der Waals surface area contributed by atoms with Crippen LogP contribution < -0.4 is 10.1 Å². The molecule has 0 bridgehead atoms. The molecular weight excluding hydrogens is 338 g/mol. The van der Waals surface area contributed by atoms with Crippen molar-refractivity contribution in [1.82, 2.24) is 0 Å². The topological polar surface area (TPSA) is 64.6 Å². The van der Waals surface area contributed by atoms with Gasteiger partial charge in [0.05, 0.1) is 5.69 Å². The van der Waals surface area contributed by atoms with Crippen molar-refractivity contribution in [1.29, 1.82) is 0 Å². The van der Waals surface area contributed by atoms with E-state index in [0.29, 0.717) is 11.4 Å². The molecular formula is C19H21NO4S. The number of rotatable bonds is 7. The van der Waals surface area contributed by atoms with Gasteiger partial charge in [0.15, 0.2) is 13.2 Å². The SMILES string of the molecule is CSc1ccccc1NC(=O)COC(=O)COc1cc(C)ccc1C. The summed E-state index contributed by atoms with van der Waals surface area (Å²) >= 11 is 1.53. The molecule has 2 aromatic carbocycles. The summed E-state index contributed by atoms with van der Waals surface area (Å²) in [7, 11) is 0. The highest BCUT2D eigenvalue weighted by Gasteiger charge is 2.11. The van der Waals surface area contributed by atoms with E-state index in [1.807, 2.05) is 56.5 Å². The number of aryl methyl sites for hydroxylation is 2. The molecule has 2 rings (SSSR count). The number of carbonyl (C=O) groups excluding carboxylic acids is 2. The fourth-order valence-electron chi connectivity index (χ4n) is 2.12. The van der Waals surface area contributed by atoms with Crippen molar-refractivity contribution in [3.05, 3.63) is 53.6 Å². The quantitative estimate of drug-likeness (QED) is 0.605. The minimum Gasteiger partial charge on any atom is -0.482 e. The van der Waals surface area contributed by atoms with E-state index in [4.69, 9.17) is 9.47 Å². The molecule has 0 spiro atoms. The standard InChI is InChI=1S/C19H21NO4S/c1-13-8-9-14(2)16(10-13)23-12-19(22)24-11-18(21)20-15-6-4-5-7-17(15)25-3/h4-10H,11-12H2,1-3H3,(H,20,21). The van der Waals surface area contributed by atoms with Gasteiger partial charge in [-0.15, -0.1) is 11.8 Å². The molecule has 5 nitrogen and oxygen atoms in total. The van der Waals surface area contributed by atoms with Crippen LogP contribution in [0, 0.1) is 13.8 Å². The molecule has 0 aliphatic heterocycles. The van der Waals surface area contributed by atoms with Gasteiger partial charge in [-0.05, 0) is 49.4 Å². The first kappa shape index (κ1) is 18.9. The Bertz CT molecular complexity index is 761. The fraction of sp³-hybridized carbons (Fsp3) is 0.263. The first-order valence-electron chi connectivity index (χ1n) is 7.78. The van der Waals surface area contributed by atoms with Crippen LogP contribution in [0.4, 0.5) is 5.69 Å². The van der Waals surface area contributed by atoms with Crippen LogP contribution in [0.1, 0.15) is 11.1 Å². The van der Waals surface area contributed by atoms with E-state index in [1.54, 1.807) is 6.07 Å².